The Morgan fingerprint density at radius 3 is 2.35 bits per heavy atom. The fourth-order valence-electron chi connectivity index (χ4n) is 3.70. The van der Waals surface area contributed by atoms with Crippen molar-refractivity contribution >= 4 is 11.0 Å². The summed E-state index contributed by atoms with van der Waals surface area (Å²) in [4.78, 5) is 12.9. The van der Waals surface area contributed by atoms with Gasteiger partial charge in [0.15, 0.2) is 5.43 Å². The highest BCUT2D eigenvalue weighted by Crippen LogP contribution is 2.44. The summed E-state index contributed by atoms with van der Waals surface area (Å²) in [5.41, 5.74) is 0.171. The summed E-state index contributed by atoms with van der Waals surface area (Å²) in [6.07, 6.45) is -5.55. The molecule has 0 radical (unpaired) electrons. The standard InChI is InChI=1S/C22H22O9/c1-28-11-5-3-10(4-6-11)14-7-12(23)17-16(31-14)8-15(29-2)18(20(17)26)22-21(27)19(25)13(24)9-30-22/h3-8,13,19,21-22,24-27H,9H2,1-2H3/t13-,19-,21?,22-/m0/s1. The van der Waals surface area contributed by atoms with Crippen molar-refractivity contribution in [2.75, 3.05) is 20.8 Å². The van der Waals surface area contributed by atoms with Crippen LogP contribution in [0.5, 0.6) is 17.2 Å². The predicted octanol–water partition coefficient (Wildman–Crippen LogP) is 1.34. The first kappa shape index (κ1) is 21.1. The lowest BCUT2D eigenvalue weighted by atomic mass is 9.92. The average Bonchev–Trinajstić information content (AvgIpc) is 2.77. The summed E-state index contributed by atoms with van der Waals surface area (Å²) < 4.78 is 21.8. The number of hydrogen-bond donors (Lipinski definition) is 4. The number of methoxy groups -OCH3 is 2. The molecule has 0 spiro atoms. The van der Waals surface area contributed by atoms with Crippen LogP contribution in [-0.2, 0) is 4.74 Å². The molecule has 0 aliphatic carbocycles. The number of aliphatic hydroxyl groups is 3. The lowest BCUT2D eigenvalue weighted by Gasteiger charge is -2.36. The molecular weight excluding hydrogens is 408 g/mol. The quantitative estimate of drug-likeness (QED) is 0.483. The van der Waals surface area contributed by atoms with Gasteiger partial charge in [0.2, 0.25) is 0 Å². The first-order chi connectivity index (χ1) is 14.8. The molecule has 31 heavy (non-hydrogen) atoms. The van der Waals surface area contributed by atoms with Crippen molar-refractivity contribution in [3.8, 4) is 28.6 Å². The Kier molecular flexibility index (Phi) is 5.59. The second kappa shape index (κ2) is 8.20. The van der Waals surface area contributed by atoms with Crippen LogP contribution < -0.4 is 14.9 Å². The van der Waals surface area contributed by atoms with Gasteiger partial charge in [0.1, 0.15) is 58.4 Å². The fraction of sp³-hybridized carbons (Fsp3) is 0.318. The van der Waals surface area contributed by atoms with E-state index in [9.17, 15) is 25.2 Å². The summed E-state index contributed by atoms with van der Waals surface area (Å²) in [6, 6.07) is 9.56. The van der Waals surface area contributed by atoms with E-state index in [1.165, 1.54) is 19.2 Å². The van der Waals surface area contributed by atoms with E-state index in [-0.39, 0.29) is 34.6 Å². The van der Waals surface area contributed by atoms with Crippen LogP contribution in [0.2, 0.25) is 0 Å². The molecule has 4 N–H and O–H groups in total. The zero-order valence-corrected chi connectivity index (χ0v) is 16.8. The van der Waals surface area contributed by atoms with Gasteiger partial charge in [0.25, 0.3) is 0 Å². The molecule has 4 rings (SSSR count). The van der Waals surface area contributed by atoms with Crippen molar-refractivity contribution in [2.24, 2.45) is 0 Å². The van der Waals surface area contributed by atoms with Crippen LogP contribution in [0, 0.1) is 0 Å². The van der Waals surface area contributed by atoms with Crippen LogP contribution in [0.25, 0.3) is 22.3 Å². The van der Waals surface area contributed by atoms with Gasteiger partial charge in [-0.15, -0.1) is 0 Å². The van der Waals surface area contributed by atoms with Crippen LogP contribution >= 0.6 is 0 Å². The number of aliphatic hydroxyl groups excluding tert-OH is 3. The molecule has 0 saturated carbocycles. The van der Waals surface area contributed by atoms with Gasteiger partial charge in [-0.3, -0.25) is 4.79 Å². The number of benzene rings is 2. The largest absolute Gasteiger partial charge is 0.506 e. The molecule has 1 aliphatic heterocycles. The van der Waals surface area contributed by atoms with Crippen LogP contribution in [-0.4, -0.2) is 59.6 Å². The summed E-state index contributed by atoms with van der Waals surface area (Å²) >= 11 is 0. The van der Waals surface area contributed by atoms with Gasteiger partial charge in [-0.25, -0.2) is 0 Å². The Labute approximate surface area is 176 Å². The third kappa shape index (κ3) is 3.61. The van der Waals surface area contributed by atoms with Gasteiger partial charge in [-0.1, -0.05) is 0 Å². The Morgan fingerprint density at radius 1 is 1.00 bits per heavy atom. The lowest BCUT2D eigenvalue weighted by Crippen LogP contribution is -2.49. The van der Waals surface area contributed by atoms with E-state index in [0.29, 0.717) is 11.3 Å². The minimum atomic E-state index is -1.55. The summed E-state index contributed by atoms with van der Waals surface area (Å²) in [5.74, 6) is 0.528. The average molecular weight is 430 g/mol. The topological polar surface area (TPSA) is 139 Å². The van der Waals surface area contributed by atoms with Crippen molar-refractivity contribution in [2.45, 2.75) is 24.4 Å². The molecule has 4 atom stereocenters. The fourth-order valence-corrected chi connectivity index (χ4v) is 3.70. The van der Waals surface area contributed by atoms with Crippen molar-refractivity contribution in [3.63, 3.8) is 0 Å². The van der Waals surface area contributed by atoms with Gasteiger partial charge in [-0.2, -0.15) is 0 Å². The first-order valence-corrected chi connectivity index (χ1v) is 9.53. The number of hydrogen-bond acceptors (Lipinski definition) is 9. The van der Waals surface area contributed by atoms with E-state index >= 15 is 0 Å². The van der Waals surface area contributed by atoms with Gasteiger partial charge < -0.3 is 39.1 Å². The number of phenolic OH excluding ortho intramolecular Hbond substituents is 1. The first-order valence-electron chi connectivity index (χ1n) is 9.53. The zero-order valence-electron chi connectivity index (χ0n) is 16.8. The molecule has 1 aliphatic rings. The van der Waals surface area contributed by atoms with E-state index in [0.717, 1.165) is 0 Å². The van der Waals surface area contributed by atoms with E-state index in [1.807, 2.05) is 0 Å². The maximum absolute atomic E-state index is 12.9. The molecule has 1 saturated heterocycles. The van der Waals surface area contributed by atoms with Gasteiger partial charge in [0.05, 0.1) is 26.4 Å². The van der Waals surface area contributed by atoms with Gasteiger partial charge >= 0.3 is 0 Å². The Bertz CT molecular complexity index is 1150. The van der Waals surface area contributed by atoms with Crippen molar-refractivity contribution in [1.29, 1.82) is 0 Å². The van der Waals surface area contributed by atoms with E-state index in [1.54, 1.807) is 31.4 Å². The molecule has 3 aromatic rings. The number of aromatic hydroxyl groups is 1. The van der Waals surface area contributed by atoms with Crippen molar-refractivity contribution in [1.82, 2.24) is 0 Å². The molecule has 0 bridgehead atoms. The van der Waals surface area contributed by atoms with E-state index < -0.39 is 35.6 Å². The zero-order chi connectivity index (χ0) is 22.3. The van der Waals surface area contributed by atoms with Crippen LogP contribution in [0.4, 0.5) is 0 Å². The number of rotatable bonds is 4. The number of ether oxygens (including phenoxy) is 3. The Morgan fingerprint density at radius 2 is 1.71 bits per heavy atom. The minimum absolute atomic E-state index is 0.0158. The SMILES string of the molecule is COc1ccc(-c2cc(=O)c3c(O)c([C@@H]4OC[C@H](O)[C@H](O)C4O)c(OC)cc3o2)cc1. The monoisotopic (exact) mass is 430 g/mol. The molecule has 9 heteroatoms. The van der Waals surface area contributed by atoms with Crippen LogP contribution in [0.3, 0.4) is 0 Å². The summed E-state index contributed by atoms with van der Waals surface area (Å²) in [7, 11) is 2.89. The highest BCUT2D eigenvalue weighted by molar-refractivity contribution is 5.88. The molecule has 9 nitrogen and oxygen atoms in total. The third-order valence-electron chi connectivity index (χ3n) is 5.37. The number of fused-ring (bicyclic) bond motifs is 1. The molecule has 2 aromatic carbocycles. The molecule has 1 unspecified atom stereocenters. The van der Waals surface area contributed by atoms with Crippen molar-refractivity contribution in [3.05, 3.63) is 52.2 Å². The normalized spacial score (nSPS) is 23.6. The van der Waals surface area contributed by atoms with E-state index in [4.69, 9.17) is 18.6 Å². The summed E-state index contributed by atoms with van der Waals surface area (Å²) in [5, 5.41) is 40.9. The third-order valence-corrected chi connectivity index (χ3v) is 5.37. The maximum Gasteiger partial charge on any atom is 0.197 e. The maximum atomic E-state index is 12.9. The Balaban J connectivity index is 1.86. The van der Waals surface area contributed by atoms with E-state index in [2.05, 4.69) is 0 Å². The molecule has 2 heterocycles. The second-order valence-corrected chi connectivity index (χ2v) is 7.22. The lowest BCUT2D eigenvalue weighted by molar-refractivity contribution is -0.189. The minimum Gasteiger partial charge on any atom is -0.506 e. The highest BCUT2D eigenvalue weighted by atomic mass is 16.5. The van der Waals surface area contributed by atoms with Crippen LogP contribution in [0.1, 0.15) is 11.7 Å². The molecule has 1 aromatic heterocycles. The van der Waals surface area contributed by atoms with Crippen LogP contribution in [0.15, 0.2) is 45.6 Å². The second-order valence-electron chi connectivity index (χ2n) is 7.22. The predicted molar refractivity (Wildman–Crippen MR) is 109 cm³/mol. The molecular formula is C22H22O9. The van der Waals surface area contributed by atoms with Gasteiger partial charge in [-0.05, 0) is 24.3 Å². The van der Waals surface area contributed by atoms with Gasteiger partial charge in [0, 0.05) is 17.7 Å². The molecule has 0 amide bonds. The smallest absolute Gasteiger partial charge is 0.197 e. The Hall–Kier alpha value is -3.11. The van der Waals surface area contributed by atoms with Crippen molar-refractivity contribution < 1.29 is 39.1 Å². The number of phenols is 1. The highest BCUT2D eigenvalue weighted by Gasteiger charge is 2.41. The summed E-state index contributed by atoms with van der Waals surface area (Å²) in [6.45, 7) is -0.269. The molecule has 1 fully saturated rings. The molecule has 164 valence electrons.